The summed E-state index contributed by atoms with van der Waals surface area (Å²) >= 11 is 0. The molecule has 2 aliphatic rings. The minimum absolute atomic E-state index is 0.463. The van der Waals surface area contributed by atoms with Crippen LogP contribution in [0.4, 0.5) is 0 Å². The van der Waals surface area contributed by atoms with E-state index >= 15 is 0 Å². The minimum atomic E-state index is -0.463. The molecule has 0 amide bonds. The van der Waals surface area contributed by atoms with Gasteiger partial charge in [-0.15, -0.1) is 0 Å². The third kappa shape index (κ3) is 1.73. The van der Waals surface area contributed by atoms with E-state index < -0.39 is 5.60 Å². The lowest BCUT2D eigenvalue weighted by Gasteiger charge is -2.48. The van der Waals surface area contributed by atoms with Crippen LogP contribution in [-0.4, -0.2) is 10.7 Å². The number of aliphatic hydroxyl groups is 1. The molecular weight excluding hydrogens is 184 g/mol. The zero-order valence-electron chi connectivity index (χ0n) is 10.8. The highest BCUT2D eigenvalue weighted by atomic mass is 16.3. The van der Waals surface area contributed by atoms with Crippen LogP contribution < -0.4 is 0 Å². The number of hydrogen-bond acceptors (Lipinski definition) is 1. The first-order valence-corrected chi connectivity index (χ1v) is 6.54. The Morgan fingerprint density at radius 3 is 2.27 bits per heavy atom. The fraction of sp³-hybridized carbons (Fsp3) is 1.00. The second-order valence-corrected chi connectivity index (χ2v) is 6.86. The summed E-state index contributed by atoms with van der Waals surface area (Å²) in [6.07, 6.45) is 2.60. The molecule has 0 aromatic rings. The summed E-state index contributed by atoms with van der Waals surface area (Å²) in [6, 6.07) is 0. The molecule has 1 nitrogen and oxygen atoms in total. The Kier molecular flexibility index (Phi) is 2.65. The van der Waals surface area contributed by atoms with Crippen LogP contribution in [-0.2, 0) is 0 Å². The molecule has 2 aliphatic carbocycles. The first-order valence-electron chi connectivity index (χ1n) is 6.54. The first-order chi connectivity index (χ1) is 6.82. The lowest BCUT2D eigenvalue weighted by atomic mass is 9.57. The molecule has 2 rings (SSSR count). The predicted molar refractivity (Wildman–Crippen MR) is 63.5 cm³/mol. The average Bonchev–Trinajstić information content (AvgIpc) is 2.19. The Balaban J connectivity index is 2.09. The van der Waals surface area contributed by atoms with Crippen molar-refractivity contribution in [3.8, 4) is 0 Å². The van der Waals surface area contributed by atoms with Crippen LogP contribution in [0, 0.1) is 35.5 Å². The first kappa shape index (κ1) is 11.4. The molecule has 2 saturated carbocycles. The second-order valence-electron chi connectivity index (χ2n) is 6.86. The lowest BCUT2D eigenvalue weighted by molar-refractivity contribution is -0.0547. The van der Waals surface area contributed by atoms with Gasteiger partial charge in [0.05, 0.1) is 5.60 Å². The Hall–Kier alpha value is -0.0400. The highest BCUT2D eigenvalue weighted by Gasteiger charge is 2.56. The number of rotatable bonds is 2. The van der Waals surface area contributed by atoms with E-state index in [4.69, 9.17) is 0 Å². The zero-order valence-corrected chi connectivity index (χ0v) is 10.8. The van der Waals surface area contributed by atoms with Gasteiger partial charge in [0.1, 0.15) is 0 Å². The predicted octanol–water partition coefficient (Wildman–Crippen LogP) is 3.32. The van der Waals surface area contributed by atoms with Crippen molar-refractivity contribution in [2.24, 2.45) is 35.5 Å². The molecule has 0 aromatic carbocycles. The summed E-state index contributed by atoms with van der Waals surface area (Å²) in [4.78, 5) is 0. The molecule has 1 heteroatoms. The van der Waals surface area contributed by atoms with E-state index in [1.54, 1.807) is 0 Å². The SMILES string of the molecule is CC(C)C1CC2C1C(C)CC2C(C)(C)O. The van der Waals surface area contributed by atoms with Gasteiger partial charge in [-0.3, -0.25) is 0 Å². The van der Waals surface area contributed by atoms with Gasteiger partial charge in [0.2, 0.25) is 0 Å². The van der Waals surface area contributed by atoms with Crippen LogP contribution in [0.2, 0.25) is 0 Å². The smallest absolute Gasteiger partial charge is 0.0622 e. The maximum absolute atomic E-state index is 10.2. The summed E-state index contributed by atoms with van der Waals surface area (Å²) in [7, 11) is 0. The number of fused-ring (bicyclic) bond motifs is 1. The van der Waals surface area contributed by atoms with Gasteiger partial charge < -0.3 is 5.11 Å². The summed E-state index contributed by atoms with van der Waals surface area (Å²) in [5, 5.41) is 10.2. The monoisotopic (exact) mass is 210 g/mol. The van der Waals surface area contributed by atoms with Gasteiger partial charge in [-0.25, -0.2) is 0 Å². The average molecular weight is 210 g/mol. The highest BCUT2D eigenvalue weighted by Crippen LogP contribution is 2.61. The molecule has 0 radical (unpaired) electrons. The van der Waals surface area contributed by atoms with Crippen LogP contribution in [0.15, 0.2) is 0 Å². The van der Waals surface area contributed by atoms with E-state index in [2.05, 4.69) is 20.8 Å². The van der Waals surface area contributed by atoms with Gasteiger partial charge in [-0.05, 0) is 62.2 Å². The summed E-state index contributed by atoms with van der Waals surface area (Å²) in [6.45, 7) is 11.1. The topological polar surface area (TPSA) is 20.2 Å². The van der Waals surface area contributed by atoms with Gasteiger partial charge in [0.25, 0.3) is 0 Å². The van der Waals surface area contributed by atoms with Crippen molar-refractivity contribution in [2.75, 3.05) is 0 Å². The standard InChI is InChI=1S/C14H26O/c1-8(2)10-7-11-12(14(4,5)15)6-9(3)13(10)11/h8-13,15H,6-7H2,1-5H3. The van der Waals surface area contributed by atoms with E-state index in [9.17, 15) is 5.11 Å². The van der Waals surface area contributed by atoms with Crippen LogP contribution >= 0.6 is 0 Å². The molecule has 0 aliphatic heterocycles. The fourth-order valence-electron chi connectivity index (χ4n) is 4.29. The maximum atomic E-state index is 10.2. The van der Waals surface area contributed by atoms with E-state index in [-0.39, 0.29) is 0 Å². The molecule has 0 spiro atoms. The minimum Gasteiger partial charge on any atom is -0.390 e. The Bertz CT molecular complexity index is 238. The normalized spacial score (nSPS) is 45.4. The quantitative estimate of drug-likeness (QED) is 0.741. The zero-order chi connectivity index (χ0) is 11.4. The van der Waals surface area contributed by atoms with Crippen molar-refractivity contribution in [1.29, 1.82) is 0 Å². The van der Waals surface area contributed by atoms with Gasteiger partial charge >= 0.3 is 0 Å². The molecule has 2 fully saturated rings. The molecular formula is C14H26O. The van der Waals surface area contributed by atoms with Gasteiger partial charge in [0, 0.05) is 0 Å². The Labute approximate surface area is 94.3 Å². The van der Waals surface area contributed by atoms with E-state index in [0.29, 0.717) is 5.92 Å². The van der Waals surface area contributed by atoms with Gasteiger partial charge in [-0.1, -0.05) is 20.8 Å². The van der Waals surface area contributed by atoms with E-state index in [0.717, 1.165) is 29.6 Å². The third-order valence-electron chi connectivity index (χ3n) is 5.10. The third-order valence-corrected chi connectivity index (χ3v) is 5.10. The van der Waals surface area contributed by atoms with Crippen LogP contribution in [0.1, 0.15) is 47.5 Å². The van der Waals surface area contributed by atoms with Crippen molar-refractivity contribution in [2.45, 2.75) is 53.1 Å². The maximum Gasteiger partial charge on any atom is 0.0622 e. The molecule has 0 heterocycles. The largest absolute Gasteiger partial charge is 0.390 e. The highest BCUT2D eigenvalue weighted by molar-refractivity contribution is 5.05. The second kappa shape index (κ2) is 3.48. The summed E-state index contributed by atoms with van der Waals surface area (Å²) in [5.41, 5.74) is -0.463. The molecule has 1 N–H and O–H groups in total. The van der Waals surface area contributed by atoms with Gasteiger partial charge in [0.15, 0.2) is 0 Å². The van der Waals surface area contributed by atoms with Crippen molar-refractivity contribution in [1.82, 2.24) is 0 Å². The van der Waals surface area contributed by atoms with Crippen molar-refractivity contribution < 1.29 is 5.11 Å². The Morgan fingerprint density at radius 1 is 1.20 bits per heavy atom. The van der Waals surface area contributed by atoms with Crippen LogP contribution in [0.25, 0.3) is 0 Å². The van der Waals surface area contributed by atoms with E-state index in [1.807, 2.05) is 13.8 Å². The molecule has 0 saturated heterocycles. The molecule has 0 aromatic heterocycles. The molecule has 88 valence electrons. The van der Waals surface area contributed by atoms with Crippen molar-refractivity contribution in [3.05, 3.63) is 0 Å². The summed E-state index contributed by atoms with van der Waals surface area (Å²) in [5.74, 6) is 4.85. The molecule has 5 unspecified atom stereocenters. The van der Waals surface area contributed by atoms with Crippen molar-refractivity contribution >= 4 is 0 Å². The van der Waals surface area contributed by atoms with E-state index in [1.165, 1.54) is 12.8 Å². The molecule has 0 bridgehead atoms. The molecule has 15 heavy (non-hydrogen) atoms. The van der Waals surface area contributed by atoms with Crippen molar-refractivity contribution in [3.63, 3.8) is 0 Å². The van der Waals surface area contributed by atoms with Crippen LogP contribution in [0.5, 0.6) is 0 Å². The lowest BCUT2D eigenvalue weighted by Crippen LogP contribution is -2.45. The van der Waals surface area contributed by atoms with Crippen LogP contribution in [0.3, 0.4) is 0 Å². The Morgan fingerprint density at radius 2 is 1.80 bits per heavy atom. The number of hydrogen-bond donors (Lipinski definition) is 1. The van der Waals surface area contributed by atoms with Gasteiger partial charge in [-0.2, -0.15) is 0 Å². The molecule has 5 atom stereocenters. The fourth-order valence-corrected chi connectivity index (χ4v) is 4.29. The summed E-state index contributed by atoms with van der Waals surface area (Å²) < 4.78 is 0.